The normalized spacial score (nSPS) is 16.9. The Labute approximate surface area is 312 Å². The molecule has 4 amide bonds. The van der Waals surface area contributed by atoms with E-state index in [9.17, 15) is 37.2 Å². The fourth-order valence-corrected chi connectivity index (χ4v) is 5.75. The molecule has 1 aromatic carbocycles. The van der Waals surface area contributed by atoms with Crippen LogP contribution in [0.15, 0.2) is 41.8 Å². The number of hydrogen-bond donors (Lipinski definition) is 3. The summed E-state index contributed by atoms with van der Waals surface area (Å²) >= 11 is 0. The molecule has 0 bridgehead atoms. The quantitative estimate of drug-likeness (QED) is 0.185. The van der Waals surface area contributed by atoms with Gasteiger partial charge in [-0.05, 0) is 65.4 Å². The first-order chi connectivity index (χ1) is 24.2. The first-order valence-corrected chi connectivity index (χ1v) is 19.4. The molecular formula is C37H56N4O11S. The molecule has 1 aliphatic rings. The molecule has 16 heteroatoms. The summed E-state index contributed by atoms with van der Waals surface area (Å²) < 4.78 is 39.7. The fraction of sp³-hybridized carbons (Fsp3) is 0.622. The number of nitrogens with one attached hydrogen (secondary N) is 3. The second-order valence-electron chi connectivity index (χ2n) is 16.1. The standard InChI is InChI=1S/C37H56N4O11S/c1-35(2,3)30(40-31(44)26(22-29(43)52-37(7,8)9)39-34(47)50-23-24-15-12-11-13-16-24)33(46)41-19-14-17-27(41)32(45)38-25(18-20-53(10,48)49)21-28(42)51-36(4,5)6/h11-13,15-16,18,20,25-27,30H,14,17,19,21-23H2,1-10H3,(H,38,45)(H,39,47)(H,40,44)/b20-18+/t25-,26+,27-,30+/m1/s1. The molecule has 1 aliphatic heterocycles. The Morgan fingerprint density at radius 1 is 0.849 bits per heavy atom. The van der Waals surface area contributed by atoms with Gasteiger partial charge < -0.3 is 35.1 Å². The largest absolute Gasteiger partial charge is 0.460 e. The highest BCUT2D eigenvalue weighted by Crippen LogP contribution is 2.26. The van der Waals surface area contributed by atoms with Crippen LogP contribution in [0.2, 0.25) is 0 Å². The summed E-state index contributed by atoms with van der Waals surface area (Å²) in [5, 5.41) is 8.66. The first kappa shape index (κ1) is 44.7. The van der Waals surface area contributed by atoms with Gasteiger partial charge in [0.15, 0.2) is 9.84 Å². The molecule has 15 nitrogen and oxygen atoms in total. The van der Waals surface area contributed by atoms with E-state index in [2.05, 4.69) is 16.0 Å². The molecule has 0 spiro atoms. The number of nitrogens with zero attached hydrogens (tertiary/aromatic N) is 1. The average Bonchev–Trinajstić information content (AvgIpc) is 3.49. The number of carbonyl (C=O) groups excluding carboxylic acids is 6. The molecule has 0 saturated carbocycles. The third-order valence-corrected chi connectivity index (χ3v) is 8.19. The Morgan fingerprint density at radius 2 is 1.42 bits per heavy atom. The van der Waals surface area contributed by atoms with Crippen molar-refractivity contribution in [2.24, 2.45) is 5.41 Å². The number of carbonyl (C=O) groups is 6. The lowest BCUT2D eigenvalue weighted by molar-refractivity contribution is -0.157. The van der Waals surface area contributed by atoms with E-state index in [0.29, 0.717) is 12.0 Å². The zero-order chi connectivity index (χ0) is 40.4. The molecule has 0 unspecified atom stereocenters. The van der Waals surface area contributed by atoms with Crippen LogP contribution in [0.4, 0.5) is 4.79 Å². The van der Waals surface area contributed by atoms with Crippen LogP contribution in [0.3, 0.4) is 0 Å². The minimum Gasteiger partial charge on any atom is -0.460 e. The molecule has 4 atom stereocenters. The van der Waals surface area contributed by atoms with Gasteiger partial charge in [-0.3, -0.25) is 24.0 Å². The van der Waals surface area contributed by atoms with Gasteiger partial charge >= 0.3 is 18.0 Å². The van der Waals surface area contributed by atoms with Crippen LogP contribution in [0.1, 0.15) is 93.6 Å². The number of benzene rings is 1. The molecule has 1 heterocycles. The van der Waals surface area contributed by atoms with Crippen molar-refractivity contribution >= 4 is 45.6 Å². The highest BCUT2D eigenvalue weighted by Gasteiger charge is 2.43. The van der Waals surface area contributed by atoms with Gasteiger partial charge in [0.1, 0.15) is 35.9 Å². The SMILES string of the molecule is CC(C)(C)OC(=O)C[C@@H](/C=C/S(C)(=O)=O)NC(=O)[C@H]1CCCN1C(=O)[C@H](NC(=O)[C@H](CC(=O)OC(C)(C)C)NC(=O)OCc1ccccc1)C(C)(C)C. The molecule has 0 aliphatic carbocycles. The molecule has 0 aromatic heterocycles. The number of ether oxygens (including phenoxy) is 3. The third kappa shape index (κ3) is 16.8. The molecule has 2 rings (SSSR count). The number of amides is 4. The van der Waals surface area contributed by atoms with Crippen LogP contribution >= 0.6 is 0 Å². The van der Waals surface area contributed by atoms with Crippen molar-refractivity contribution in [1.82, 2.24) is 20.9 Å². The van der Waals surface area contributed by atoms with Crippen LogP contribution in [0, 0.1) is 5.41 Å². The highest BCUT2D eigenvalue weighted by atomic mass is 32.2. The van der Waals surface area contributed by atoms with Crippen molar-refractivity contribution in [2.75, 3.05) is 12.8 Å². The monoisotopic (exact) mass is 764 g/mol. The molecule has 296 valence electrons. The van der Waals surface area contributed by atoms with Gasteiger partial charge in [0.2, 0.25) is 17.7 Å². The Bertz CT molecular complexity index is 1610. The molecule has 1 aromatic rings. The third-order valence-electron chi connectivity index (χ3n) is 7.54. The van der Waals surface area contributed by atoms with Crippen LogP contribution in [0.25, 0.3) is 0 Å². The van der Waals surface area contributed by atoms with E-state index in [1.54, 1.807) is 92.6 Å². The van der Waals surface area contributed by atoms with E-state index in [4.69, 9.17) is 14.2 Å². The number of alkyl carbamates (subject to hydrolysis) is 1. The number of sulfone groups is 1. The predicted molar refractivity (Wildman–Crippen MR) is 197 cm³/mol. The summed E-state index contributed by atoms with van der Waals surface area (Å²) in [6, 6.07) is 4.04. The Balaban J connectivity index is 2.30. The van der Waals surface area contributed by atoms with Gasteiger partial charge in [-0.15, -0.1) is 0 Å². The molecule has 53 heavy (non-hydrogen) atoms. The average molecular weight is 765 g/mol. The van der Waals surface area contributed by atoms with E-state index in [-0.39, 0.29) is 26.0 Å². The Morgan fingerprint density at radius 3 is 1.94 bits per heavy atom. The molecule has 1 fully saturated rings. The summed E-state index contributed by atoms with van der Waals surface area (Å²) in [5.74, 6) is -3.53. The predicted octanol–water partition coefficient (Wildman–Crippen LogP) is 3.31. The van der Waals surface area contributed by atoms with E-state index < -0.39 is 92.8 Å². The van der Waals surface area contributed by atoms with E-state index >= 15 is 0 Å². The lowest BCUT2D eigenvalue weighted by Gasteiger charge is -2.36. The maximum absolute atomic E-state index is 14.2. The summed E-state index contributed by atoms with van der Waals surface area (Å²) in [6.45, 7) is 15.2. The first-order valence-electron chi connectivity index (χ1n) is 17.4. The fourth-order valence-electron chi connectivity index (χ4n) is 5.27. The lowest BCUT2D eigenvalue weighted by atomic mass is 9.85. The van der Waals surface area contributed by atoms with Gasteiger partial charge in [-0.25, -0.2) is 13.2 Å². The molecular weight excluding hydrogens is 708 g/mol. The minimum atomic E-state index is -3.61. The summed E-state index contributed by atoms with van der Waals surface area (Å²) in [5.41, 5.74) is -1.93. The summed E-state index contributed by atoms with van der Waals surface area (Å²) in [7, 11) is -3.61. The highest BCUT2D eigenvalue weighted by molar-refractivity contribution is 7.93. The second-order valence-corrected chi connectivity index (χ2v) is 18.0. The molecule has 1 saturated heterocycles. The maximum atomic E-state index is 14.2. The summed E-state index contributed by atoms with van der Waals surface area (Å²) in [4.78, 5) is 81.2. The van der Waals surface area contributed by atoms with Gasteiger partial charge in [0.25, 0.3) is 0 Å². The van der Waals surface area contributed by atoms with Crippen molar-refractivity contribution in [2.45, 2.75) is 130 Å². The van der Waals surface area contributed by atoms with Gasteiger partial charge in [0, 0.05) is 18.2 Å². The number of esters is 2. The van der Waals surface area contributed by atoms with Crippen LogP contribution in [-0.4, -0.2) is 97.2 Å². The molecule has 3 N–H and O–H groups in total. The van der Waals surface area contributed by atoms with Crippen molar-refractivity contribution in [3.63, 3.8) is 0 Å². The van der Waals surface area contributed by atoms with E-state index in [0.717, 1.165) is 11.7 Å². The number of likely N-dealkylation sites (tertiary alicyclic amines) is 1. The van der Waals surface area contributed by atoms with Gasteiger partial charge in [0.05, 0.1) is 18.9 Å². The number of rotatable bonds is 14. The van der Waals surface area contributed by atoms with Crippen LogP contribution in [0.5, 0.6) is 0 Å². The molecule has 0 radical (unpaired) electrons. The van der Waals surface area contributed by atoms with Crippen molar-refractivity contribution in [3.05, 3.63) is 47.4 Å². The van der Waals surface area contributed by atoms with Crippen LogP contribution < -0.4 is 16.0 Å². The lowest BCUT2D eigenvalue weighted by Crippen LogP contribution is -2.60. The van der Waals surface area contributed by atoms with E-state index in [1.807, 2.05) is 0 Å². The zero-order valence-corrected chi connectivity index (χ0v) is 33.3. The van der Waals surface area contributed by atoms with Crippen molar-refractivity contribution in [1.29, 1.82) is 0 Å². The van der Waals surface area contributed by atoms with Gasteiger partial charge in [-0.2, -0.15) is 0 Å². The van der Waals surface area contributed by atoms with Gasteiger partial charge in [-0.1, -0.05) is 57.2 Å². The maximum Gasteiger partial charge on any atom is 0.408 e. The zero-order valence-electron chi connectivity index (χ0n) is 32.4. The second kappa shape index (κ2) is 18.5. The minimum absolute atomic E-state index is 0.0996. The Kier molecular flexibility index (Phi) is 15.6. The summed E-state index contributed by atoms with van der Waals surface area (Å²) in [6.07, 6.45) is 0.945. The number of hydrogen-bond acceptors (Lipinski definition) is 11. The topological polar surface area (TPSA) is 204 Å². The van der Waals surface area contributed by atoms with Crippen LogP contribution in [-0.2, 0) is 54.6 Å². The smallest absolute Gasteiger partial charge is 0.408 e. The van der Waals surface area contributed by atoms with Crippen molar-refractivity contribution < 1.29 is 51.4 Å². The van der Waals surface area contributed by atoms with E-state index in [1.165, 1.54) is 11.0 Å². The van der Waals surface area contributed by atoms with Crippen molar-refractivity contribution in [3.8, 4) is 0 Å². The Hall–Kier alpha value is -4.47.